The van der Waals surface area contributed by atoms with Gasteiger partial charge in [-0.3, -0.25) is 25.0 Å². The molecule has 0 radical (unpaired) electrons. The largest absolute Gasteiger partial charge is 0.465 e. The van der Waals surface area contributed by atoms with E-state index in [0.29, 0.717) is 22.6 Å². The van der Waals surface area contributed by atoms with Crippen LogP contribution in [0.3, 0.4) is 0 Å². The van der Waals surface area contributed by atoms with Crippen LogP contribution in [0.25, 0.3) is 0 Å². The first-order valence-electron chi connectivity index (χ1n) is 9.71. The quantitative estimate of drug-likeness (QED) is 0.369. The van der Waals surface area contributed by atoms with Gasteiger partial charge in [-0.15, -0.1) is 0 Å². The number of esters is 1. The Morgan fingerprint density at radius 2 is 1.22 bits per heavy atom. The van der Waals surface area contributed by atoms with Gasteiger partial charge in [-0.1, -0.05) is 0 Å². The van der Waals surface area contributed by atoms with Gasteiger partial charge in [0.1, 0.15) is 0 Å². The maximum atomic E-state index is 12.5. The molecule has 12 heteroatoms. The van der Waals surface area contributed by atoms with Crippen molar-refractivity contribution in [3.63, 3.8) is 0 Å². The van der Waals surface area contributed by atoms with Crippen molar-refractivity contribution in [2.45, 2.75) is 12.8 Å². The molecule has 166 valence electrons. The van der Waals surface area contributed by atoms with Crippen LogP contribution in [0.5, 0.6) is 23.0 Å². The van der Waals surface area contributed by atoms with E-state index in [2.05, 4.69) is 0 Å². The zero-order valence-electron chi connectivity index (χ0n) is 16.5. The number of fused-ring (bicyclic) bond motifs is 2. The number of nitrogens with zero attached hydrogens (tertiary/aromatic N) is 2. The highest BCUT2D eigenvalue weighted by molar-refractivity contribution is 5.76. The molecule has 0 saturated carbocycles. The summed E-state index contributed by atoms with van der Waals surface area (Å²) in [7, 11) is 0. The average molecular weight is 444 g/mol. The minimum Gasteiger partial charge on any atom is -0.465 e. The highest BCUT2D eigenvalue weighted by Crippen LogP contribution is 2.42. The van der Waals surface area contributed by atoms with Crippen molar-refractivity contribution in [3.8, 4) is 23.0 Å². The zero-order chi connectivity index (χ0) is 22.4. The Bertz CT molecular complexity index is 1150. The first-order chi connectivity index (χ1) is 15.4. The molecular formula is C20H16N2O10. The van der Waals surface area contributed by atoms with E-state index in [-0.39, 0.29) is 55.9 Å². The van der Waals surface area contributed by atoms with Crippen molar-refractivity contribution >= 4 is 17.3 Å². The fourth-order valence-corrected chi connectivity index (χ4v) is 4.19. The summed E-state index contributed by atoms with van der Waals surface area (Å²) in [4.78, 5) is 34.5. The van der Waals surface area contributed by atoms with E-state index in [1.165, 1.54) is 24.3 Å². The minimum absolute atomic E-state index is 0.0226. The highest BCUT2D eigenvalue weighted by atomic mass is 16.7. The maximum absolute atomic E-state index is 12.5. The molecule has 3 aliphatic rings. The summed E-state index contributed by atoms with van der Waals surface area (Å²) in [6, 6.07) is 5.60. The summed E-state index contributed by atoms with van der Waals surface area (Å²) in [5, 5.41) is 23.1. The van der Waals surface area contributed by atoms with Gasteiger partial charge >= 0.3 is 5.97 Å². The van der Waals surface area contributed by atoms with Crippen molar-refractivity contribution in [2.75, 3.05) is 20.2 Å². The van der Waals surface area contributed by atoms with Crippen molar-refractivity contribution in [1.29, 1.82) is 0 Å². The van der Waals surface area contributed by atoms with Crippen LogP contribution in [0.4, 0.5) is 11.4 Å². The van der Waals surface area contributed by atoms with E-state index in [0.717, 1.165) is 0 Å². The lowest BCUT2D eigenvalue weighted by molar-refractivity contribution is -0.385. The fraction of sp³-hybridized carbons (Fsp3) is 0.350. The molecule has 3 heterocycles. The standard InChI is InChI=1S/C20H16N2O10/c23-20-13(2-11-4-17-19(32-9-30-17)6-15(11)22(26)27)12(7-28-20)1-10-3-16-18(31-8-29-16)5-14(10)21(24)25/h3-6,12-13H,1-2,7-9H2/t12-,13-/m0/s1. The van der Waals surface area contributed by atoms with E-state index < -0.39 is 27.7 Å². The van der Waals surface area contributed by atoms with Gasteiger partial charge in [0, 0.05) is 17.0 Å². The number of rotatable bonds is 6. The summed E-state index contributed by atoms with van der Waals surface area (Å²) in [6.07, 6.45) is 0.177. The highest BCUT2D eigenvalue weighted by Gasteiger charge is 2.40. The monoisotopic (exact) mass is 444 g/mol. The number of nitro benzene ring substituents is 2. The van der Waals surface area contributed by atoms with E-state index in [1.54, 1.807) is 0 Å². The van der Waals surface area contributed by atoms with Gasteiger partial charge in [0.25, 0.3) is 11.4 Å². The first kappa shape index (κ1) is 19.8. The van der Waals surface area contributed by atoms with Crippen LogP contribution in [0.2, 0.25) is 0 Å². The Balaban J connectivity index is 1.45. The molecule has 5 rings (SSSR count). The number of nitro groups is 2. The molecule has 1 fully saturated rings. The van der Waals surface area contributed by atoms with Crippen LogP contribution in [-0.2, 0) is 22.4 Å². The van der Waals surface area contributed by atoms with E-state index in [1.807, 2.05) is 0 Å². The Labute approximate surface area is 179 Å². The second-order valence-corrected chi connectivity index (χ2v) is 7.59. The SMILES string of the molecule is O=C1OC[C@H](Cc2cc3c(cc2[N+](=O)[O-])OCO3)[C@@H]1Cc1cc2c(cc1[N+](=O)[O-])OCO2. The van der Waals surface area contributed by atoms with Gasteiger partial charge in [0.2, 0.25) is 13.6 Å². The molecule has 2 atom stereocenters. The molecule has 2 aromatic carbocycles. The molecule has 0 aliphatic carbocycles. The fourth-order valence-electron chi connectivity index (χ4n) is 4.19. The third kappa shape index (κ3) is 3.39. The number of hydrogen-bond acceptors (Lipinski definition) is 10. The van der Waals surface area contributed by atoms with Crippen molar-refractivity contribution < 1.29 is 38.3 Å². The third-order valence-corrected chi connectivity index (χ3v) is 5.77. The summed E-state index contributed by atoms with van der Waals surface area (Å²) in [6.45, 7) is -0.0252. The topological polar surface area (TPSA) is 150 Å². The summed E-state index contributed by atoms with van der Waals surface area (Å²) in [5.41, 5.74) is 0.323. The number of ether oxygens (including phenoxy) is 5. The van der Waals surface area contributed by atoms with Gasteiger partial charge in [0.15, 0.2) is 23.0 Å². The van der Waals surface area contributed by atoms with Gasteiger partial charge in [-0.2, -0.15) is 0 Å². The number of benzene rings is 2. The molecular weight excluding hydrogens is 428 g/mol. The Morgan fingerprint density at radius 1 is 0.750 bits per heavy atom. The second-order valence-electron chi connectivity index (χ2n) is 7.59. The molecule has 3 aliphatic heterocycles. The first-order valence-corrected chi connectivity index (χ1v) is 9.71. The zero-order valence-corrected chi connectivity index (χ0v) is 16.5. The van der Waals surface area contributed by atoms with Gasteiger partial charge in [-0.05, 0) is 25.0 Å². The van der Waals surface area contributed by atoms with Crippen molar-refractivity contribution in [2.24, 2.45) is 11.8 Å². The predicted molar refractivity (Wildman–Crippen MR) is 104 cm³/mol. The molecule has 0 unspecified atom stereocenters. The molecule has 0 amide bonds. The lowest BCUT2D eigenvalue weighted by atomic mass is 9.84. The van der Waals surface area contributed by atoms with E-state index in [9.17, 15) is 25.0 Å². The molecule has 12 nitrogen and oxygen atoms in total. The second kappa shape index (κ2) is 7.55. The van der Waals surface area contributed by atoms with Gasteiger partial charge < -0.3 is 23.7 Å². The van der Waals surface area contributed by atoms with E-state index >= 15 is 0 Å². The number of hydrogen-bond donors (Lipinski definition) is 0. The van der Waals surface area contributed by atoms with Gasteiger partial charge in [-0.25, -0.2) is 0 Å². The van der Waals surface area contributed by atoms with Crippen molar-refractivity contribution in [3.05, 3.63) is 55.6 Å². The van der Waals surface area contributed by atoms with Crippen LogP contribution < -0.4 is 18.9 Å². The number of carbonyl (C=O) groups excluding carboxylic acids is 1. The lowest BCUT2D eigenvalue weighted by Crippen LogP contribution is -2.21. The summed E-state index contributed by atoms with van der Waals surface area (Å²) >= 11 is 0. The molecule has 0 bridgehead atoms. The Hall–Kier alpha value is -4.09. The van der Waals surface area contributed by atoms with Crippen LogP contribution in [0.15, 0.2) is 24.3 Å². The number of cyclic esters (lactones) is 1. The van der Waals surface area contributed by atoms with E-state index in [4.69, 9.17) is 23.7 Å². The predicted octanol–water partition coefficient (Wildman–Crippen LogP) is 2.53. The summed E-state index contributed by atoms with van der Waals surface area (Å²) < 4.78 is 26.3. The molecule has 1 saturated heterocycles. The minimum atomic E-state index is -0.723. The number of carbonyl (C=O) groups is 1. The molecule has 0 N–H and O–H groups in total. The maximum Gasteiger partial charge on any atom is 0.309 e. The molecule has 0 spiro atoms. The molecule has 2 aromatic rings. The average Bonchev–Trinajstić information content (AvgIpc) is 3.48. The van der Waals surface area contributed by atoms with Crippen molar-refractivity contribution in [1.82, 2.24) is 0 Å². The molecule has 32 heavy (non-hydrogen) atoms. The van der Waals surface area contributed by atoms with Crippen LogP contribution in [0, 0.1) is 32.1 Å². The lowest BCUT2D eigenvalue weighted by Gasteiger charge is -2.16. The normalized spacial score (nSPS) is 20.3. The summed E-state index contributed by atoms with van der Waals surface area (Å²) in [5.74, 6) is -0.358. The smallest absolute Gasteiger partial charge is 0.309 e. The Kier molecular flexibility index (Phi) is 4.68. The molecule has 0 aromatic heterocycles. The third-order valence-electron chi connectivity index (χ3n) is 5.77. The van der Waals surface area contributed by atoms with Gasteiger partial charge in [0.05, 0.1) is 34.5 Å². The Morgan fingerprint density at radius 3 is 1.72 bits per heavy atom. The van der Waals surface area contributed by atoms with Crippen LogP contribution >= 0.6 is 0 Å². The van der Waals surface area contributed by atoms with Crippen LogP contribution in [0.1, 0.15) is 11.1 Å². The van der Waals surface area contributed by atoms with Crippen LogP contribution in [-0.4, -0.2) is 36.0 Å².